The van der Waals surface area contributed by atoms with Crippen molar-refractivity contribution in [3.05, 3.63) is 17.0 Å². The van der Waals surface area contributed by atoms with E-state index in [1.165, 1.54) is 18.3 Å². The van der Waals surface area contributed by atoms with Gasteiger partial charge in [-0.15, -0.1) is 11.3 Å². The monoisotopic (exact) mass is 296 g/mol. The molecule has 20 heavy (non-hydrogen) atoms. The van der Waals surface area contributed by atoms with Crippen molar-refractivity contribution in [2.45, 2.75) is 38.6 Å². The van der Waals surface area contributed by atoms with E-state index >= 15 is 0 Å². The molecule has 6 heteroatoms. The molecule has 0 aromatic carbocycles. The highest BCUT2D eigenvalue weighted by Crippen LogP contribution is 2.29. The molecule has 0 unspecified atom stereocenters. The first-order chi connectivity index (χ1) is 9.61. The van der Waals surface area contributed by atoms with Crippen molar-refractivity contribution >= 4 is 28.2 Å². The summed E-state index contributed by atoms with van der Waals surface area (Å²) >= 11 is 1.30. The fourth-order valence-corrected chi connectivity index (χ4v) is 3.13. The topological polar surface area (TPSA) is 69.6 Å². The van der Waals surface area contributed by atoms with Gasteiger partial charge in [-0.2, -0.15) is 0 Å². The summed E-state index contributed by atoms with van der Waals surface area (Å²) in [5.74, 6) is -0.133. The van der Waals surface area contributed by atoms with E-state index < -0.39 is 0 Å². The summed E-state index contributed by atoms with van der Waals surface area (Å²) in [5.41, 5.74) is 0. The van der Waals surface area contributed by atoms with Crippen molar-refractivity contribution in [1.82, 2.24) is 4.90 Å². The summed E-state index contributed by atoms with van der Waals surface area (Å²) < 4.78 is 0. The second-order valence-corrected chi connectivity index (χ2v) is 6.09. The molecule has 1 aromatic rings. The SMILES string of the molecule is CC(=O)Nc1ccc(C(=O)N(CCCO)C2CCC2)s1. The Morgan fingerprint density at radius 2 is 2.20 bits per heavy atom. The highest BCUT2D eigenvalue weighted by Gasteiger charge is 2.29. The number of amides is 2. The van der Waals surface area contributed by atoms with Crippen LogP contribution in [0.4, 0.5) is 5.00 Å². The van der Waals surface area contributed by atoms with E-state index in [0.717, 1.165) is 19.3 Å². The molecule has 1 aromatic heterocycles. The maximum absolute atomic E-state index is 12.5. The van der Waals surface area contributed by atoms with Crippen molar-refractivity contribution in [2.75, 3.05) is 18.5 Å². The van der Waals surface area contributed by atoms with Gasteiger partial charge in [0, 0.05) is 26.1 Å². The molecule has 0 radical (unpaired) electrons. The number of rotatable bonds is 6. The molecule has 1 fully saturated rings. The van der Waals surface area contributed by atoms with Crippen LogP contribution in [0.3, 0.4) is 0 Å². The summed E-state index contributed by atoms with van der Waals surface area (Å²) in [6.45, 7) is 2.13. The predicted molar refractivity (Wildman–Crippen MR) is 79.0 cm³/mol. The Bertz CT molecular complexity index is 483. The minimum absolute atomic E-state index is 0.00440. The van der Waals surface area contributed by atoms with Gasteiger partial charge in [-0.1, -0.05) is 0 Å². The molecule has 0 saturated heterocycles. The molecule has 5 nitrogen and oxygen atoms in total. The standard InChI is InChI=1S/C14H20N2O3S/c1-10(18)15-13-7-6-12(20-13)14(19)16(8-3-9-17)11-4-2-5-11/h6-7,11,17H,2-5,8-9H2,1H3,(H,15,18). The number of carbonyl (C=O) groups excluding carboxylic acids is 2. The Kier molecular flexibility index (Phi) is 5.14. The zero-order valence-electron chi connectivity index (χ0n) is 11.6. The van der Waals surface area contributed by atoms with Crippen LogP contribution in [0.2, 0.25) is 0 Å². The summed E-state index contributed by atoms with van der Waals surface area (Å²) in [6, 6.07) is 3.81. The number of nitrogens with one attached hydrogen (secondary N) is 1. The maximum atomic E-state index is 12.5. The van der Waals surface area contributed by atoms with E-state index in [1.807, 2.05) is 4.90 Å². The second-order valence-electron chi connectivity index (χ2n) is 5.01. The van der Waals surface area contributed by atoms with Crippen LogP contribution in [0.25, 0.3) is 0 Å². The molecule has 0 bridgehead atoms. The maximum Gasteiger partial charge on any atom is 0.264 e. The zero-order valence-corrected chi connectivity index (χ0v) is 12.4. The Balaban J connectivity index is 2.05. The number of aliphatic hydroxyl groups excluding tert-OH is 1. The Labute approximate surface area is 122 Å². The smallest absolute Gasteiger partial charge is 0.264 e. The van der Waals surface area contributed by atoms with Gasteiger partial charge < -0.3 is 15.3 Å². The normalized spacial score (nSPS) is 14.7. The van der Waals surface area contributed by atoms with Crippen LogP contribution in [0.15, 0.2) is 12.1 Å². The Hall–Kier alpha value is -1.40. The molecule has 1 aliphatic carbocycles. The van der Waals surface area contributed by atoms with Crippen LogP contribution < -0.4 is 5.32 Å². The van der Waals surface area contributed by atoms with E-state index in [9.17, 15) is 9.59 Å². The van der Waals surface area contributed by atoms with Gasteiger partial charge in [-0.05, 0) is 37.8 Å². The minimum Gasteiger partial charge on any atom is -0.396 e. The largest absolute Gasteiger partial charge is 0.396 e. The fraction of sp³-hybridized carbons (Fsp3) is 0.571. The van der Waals surface area contributed by atoms with Gasteiger partial charge in [0.15, 0.2) is 0 Å². The number of thiophene rings is 1. The predicted octanol–water partition coefficient (Wildman–Crippen LogP) is 2.08. The quantitative estimate of drug-likeness (QED) is 0.844. The van der Waals surface area contributed by atoms with E-state index in [2.05, 4.69) is 5.32 Å². The number of anilines is 1. The second kappa shape index (κ2) is 6.85. The van der Waals surface area contributed by atoms with Crippen LogP contribution in [-0.4, -0.2) is 41.0 Å². The van der Waals surface area contributed by atoms with Crippen molar-refractivity contribution in [1.29, 1.82) is 0 Å². The lowest BCUT2D eigenvalue weighted by Crippen LogP contribution is -2.44. The summed E-state index contributed by atoms with van der Waals surface area (Å²) in [5, 5.41) is 12.3. The molecule has 0 atom stereocenters. The van der Waals surface area contributed by atoms with Gasteiger partial charge in [-0.25, -0.2) is 0 Å². The zero-order chi connectivity index (χ0) is 14.5. The van der Waals surface area contributed by atoms with Crippen LogP contribution >= 0.6 is 11.3 Å². The molecule has 1 saturated carbocycles. The highest BCUT2D eigenvalue weighted by atomic mass is 32.1. The summed E-state index contributed by atoms with van der Waals surface area (Å²) in [4.78, 5) is 26.0. The van der Waals surface area contributed by atoms with Crippen molar-refractivity contribution in [2.24, 2.45) is 0 Å². The number of hydrogen-bond acceptors (Lipinski definition) is 4. The minimum atomic E-state index is -0.137. The molecular formula is C14H20N2O3S. The van der Waals surface area contributed by atoms with Crippen molar-refractivity contribution in [3.63, 3.8) is 0 Å². The molecule has 110 valence electrons. The number of carbonyl (C=O) groups is 2. The molecule has 0 spiro atoms. The Morgan fingerprint density at radius 1 is 1.45 bits per heavy atom. The van der Waals surface area contributed by atoms with E-state index in [-0.39, 0.29) is 18.4 Å². The van der Waals surface area contributed by atoms with Crippen molar-refractivity contribution < 1.29 is 14.7 Å². The average molecular weight is 296 g/mol. The third-order valence-corrected chi connectivity index (χ3v) is 4.44. The molecule has 1 heterocycles. The first-order valence-corrected chi connectivity index (χ1v) is 7.72. The highest BCUT2D eigenvalue weighted by molar-refractivity contribution is 7.18. The van der Waals surface area contributed by atoms with Gasteiger partial charge >= 0.3 is 0 Å². The molecular weight excluding hydrogens is 276 g/mol. The van der Waals surface area contributed by atoms with Gasteiger partial charge in [0.2, 0.25) is 5.91 Å². The van der Waals surface area contributed by atoms with Crippen LogP contribution in [0, 0.1) is 0 Å². The van der Waals surface area contributed by atoms with Gasteiger partial charge in [0.05, 0.1) is 9.88 Å². The third-order valence-electron chi connectivity index (χ3n) is 3.45. The third kappa shape index (κ3) is 3.58. The van der Waals surface area contributed by atoms with E-state index in [0.29, 0.717) is 28.9 Å². The van der Waals surface area contributed by atoms with E-state index in [1.54, 1.807) is 12.1 Å². The lowest BCUT2D eigenvalue weighted by molar-refractivity contribution is -0.114. The lowest BCUT2D eigenvalue weighted by atomic mass is 9.91. The summed E-state index contributed by atoms with van der Waals surface area (Å²) in [7, 11) is 0. The van der Waals surface area contributed by atoms with Gasteiger partial charge in [-0.3, -0.25) is 9.59 Å². The number of nitrogens with zero attached hydrogens (tertiary/aromatic N) is 1. The van der Waals surface area contributed by atoms with Gasteiger partial charge in [0.25, 0.3) is 5.91 Å². The molecule has 2 rings (SSSR count). The van der Waals surface area contributed by atoms with Crippen LogP contribution in [0.1, 0.15) is 42.3 Å². The number of aliphatic hydroxyl groups is 1. The first kappa shape index (κ1) is 15.0. The molecule has 0 aliphatic heterocycles. The Morgan fingerprint density at radius 3 is 2.75 bits per heavy atom. The van der Waals surface area contributed by atoms with Gasteiger partial charge in [0.1, 0.15) is 0 Å². The lowest BCUT2D eigenvalue weighted by Gasteiger charge is -2.37. The summed E-state index contributed by atoms with van der Waals surface area (Å²) in [6.07, 6.45) is 3.85. The molecule has 2 amide bonds. The molecule has 2 N–H and O–H groups in total. The molecule has 1 aliphatic rings. The van der Waals surface area contributed by atoms with Crippen molar-refractivity contribution in [3.8, 4) is 0 Å². The van der Waals surface area contributed by atoms with E-state index in [4.69, 9.17) is 5.11 Å². The average Bonchev–Trinajstić information content (AvgIpc) is 2.78. The first-order valence-electron chi connectivity index (χ1n) is 6.91. The van der Waals surface area contributed by atoms with Crippen LogP contribution in [-0.2, 0) is 4.79 Å². The fourth-order valence-electron chi connectivity index (χ4n) is 2.22. The van der Waals surface area contributed by atoms with Crippen LogP contribution in [0.5, 0.6) is 0 Å². The number of hydrogen-bond donors (Lipinski definition) is 2.